The van der Waals surface area contributed by atoms with Gasteiger partial charge in [-0.2, -0.15) is 0 Å². The molecule has 1 aromatic heterocycles. The number of aromatic nitrogens is 2. The van der Waals surface area contributed by atoms with Gasteiger partial charge in [-0.1, -0.05) is 86.0 Å². The molecule has 1 spiro atoms. The lowest BCUT2D eigenvalue weighted by molar-refractivity contribution is 0.353. The SMILES string of the molecule is Clc1nc(-c2ccccc2)cc(-c2ccc3c(c2)-c2ccccc2C32CCCCC2)n1. The predicted molar refractivity (Wildman–Crippen MR) is 127 cm³/mol. The van der Waals surface area contributed by atoms with Crippen LogP contribution in [0.3, 0.4) is 0 Å². The second kappa shape index (κ2) is 7.32. The van der Waals surface area contributed by atoms with E-state index in [1.165, 1.54) is 54.4 Å². The molecular formula is C28H23ClN2. The van der Waals surface area contributed by atoms with Crippen LogP contribution in [0.5, 0.6) is 0 Å². The third kappa shape index (κ3) is 3.01. The zero-order valence-corrected chi connectivity index (χ0v) is 18.1. The maximum absolute atomic E-state index is 6.34. The lowest BCUT2D eigenvalue weighted by Gasteiger charge is -2.36. The van der Waals surface area contributed by atoms with Gasteiger partial charge in [0.25, 0.3) is 0 Å². The Morgan fingerprint density at radius 1 is 0.613 bits per heavy atom. The molecule has 3 aromatic carbocycles. The molecule has 3 heteroatoms. The normalized spacial score (nSPS) is 16.2. The largest absolute Gasteiger partial charge is 0.223 e. The van der Waals surface area contributed by atoms with E-state index < -0.39 is 0 Å². The number of fused-ring (bicyclic) bond motifs is 5. The maximum Gasteiger partial charge on any atom is 0.223 e. The van der Waals surface area contributed by atoms with E-state index in [1.54, 1.807) is 0 Å². The van der Waals surface area contributed by atoms with Crippen molar-refractivity contribution in [2.75, 3.05) is 0 Å². The highest BCUT2D eigenvalue weighted by molar-refractivity contribution is 6.28. The summed E-state index contributed by atoms with van der Waals surface area (Å²) in [6, 6.07) is 28.0. The minimum atomic E-state index is 0.182. The van der Waals surface area contributed by atoms with Gasteiger partial charge in [0.1, 0.15) is 0 Å². The quantitative estimate of drug-likeness (QED) is 0.309. The molecule has 0 N–H and O–H groups in total. The smallest absolute Gasteiger partial charge is 0.218 e. The third-order valence-corrected chi connectivity index (χ3v) is 7.21. The van der Waals surface area contributed by atoms with Gasteiger partial charge in [0.15, 0.2) is 0 Å². The molecule has 2 aliphatic carbocycles. The Morgan fingerprint density at radius 2 is 1.29 bits per heavy atom. The minimum Gasteiger partial charge on any atom is -0.218 e. The van der Waals surface area contributed by atoms with Gasteiger partial charge in [0.05, 0.1) is 11.4 Å². The van der Waals surface area contributed by atoms with E-state index in [4.69, 9.17) is 11.6 Å². The molecule has 4 aromatic rings. The van der Waals surface area contributed by atoms with Crippen molar-refractivity contribution < 1.29 is 0 Å². The Labute approximate surface area is 188 Å². The van der Waals surface area contributed by atoms with Crippen LogP contribution in [0.1, 0.15) is 43.2 Å². The van der Waals surface area contributed by atoms with Crippen molar-refractivity contribution in [2.24, 2.45) is 0 Å². The second-order valence-electron chi connectivity index (χ2n) is 8.72. The van der Waals surface area contributed by atoms with E-state index in [0.29, 0.717) is 0 Å². The van der Waals surface area contributed by atoms with Crippen molar-refractivity contribution in [3.8, 4) is 33.6 Å². The topological polar surface area (TPSA) is 25.8 Å². The van der Waals surface area contributed by atoms with Crippen LogP contribution < -0.4 is 0 Å². The van der Waals surface area contributed by atoms with Crippen molar-refractivity contribution in [3.63, 3.8) is 0 Å². The van der Waals surface area contributed by atoms with Gasteiger partial charge in [-0.15, -0.1) is 0 Å². The second-order valence-corrected chi connectivity index (χ2v) is 9.06. The van der Waals surface area contributed by atoms with Gasteiger partial charge >= 0.3 is 0 Å². The van der Waals surface area contributed by atoms with Crippen molar-refractivity contribution in [1.29, 1.82) is 0 Å². The van der Waals surface area contributed by atoms with Crippen molar-refractivity contribution in [3.05, 3.63) is 95.3 Å². The van der Waals surface area contributed by atoms with Gasteiger partial charge in [-0.25, -0.2) is 9.97 Å². The Hall–Kier alpha value is -2.97. The first-order chi connectivity index (χ1) is 15.2. The number of halogens is 1. The number of hydrogen-bond acceptors (Lipinski definition) is 2. The predicted octanol–water partition coefficient (Wildman–Crippen LogP) is 7.69. The van der Waals surface area contributed by atoms with Gasteiger partial charge in [0, 0.05) is 16.5 Å². The minimum absolute atomic E-state index is 0.182. The highest BCUT2D eigenvalue weighted by atomic mass is 35.5. The average molecular weight is 423 g/mol. The Morgan fingerprint density at radius 3 is 2.10 bits per heavy atom. The summed E-state index contributed by atoms with van der Waals surface area (Å²) >= 11 is 6.34. The fourth-order valence-electron chi connectivity index (χ4n) is 5.64. The van der Waals surface area contributed by atoms with E-state index in [2.05, 4.69) is 52.4 Å². The molecule has 0 radical (unpaired) electrons. The highest BCUT2D eigenvalue weighted by Gasteiger charge is 2.43. The third-order valence-electron chi connectivity index (χ3n) is 7.04. The summed E-state index contributed by atoms with van der Waals surface area (Å²) in [4.78, 5) is 9.03. The molecule has 1 saturated carbocycles. The van der Waals surface area contributed by atoms with Crippen LogP contribution in [0.4, 0.5) is 0 Å². The summed E-state index contributed by atoms with van der Waals surface area (Å²) in [5, 5.41) is 0.279. The summed E-state index contributed by atoms with van der Waals surface area (Å²) in [6.45, 7) is 0. The molecule has 1 heterocycles. The molecule has 0 unspecified atom stereocenters. The van der Waals surface area contributed by atoms with E-state index in [0.717, 1.165) is 22.5 Å². The summed E-state index contributed by atoms with van der Waals surface area (Å²) in [7, 11) is 0. The summed E-state index contributed by atoms with van der Waals surface area (Å²) in [6.07, 6.45) is 6.44. The molecule has 2 nitrogen and oxygen atoms in total. The number of rotatable bonds is 2. The molecule has 31 heavy (non-hydrogen) atoms. The fourth-order valence-corrected chi connectivity index (χ4v) is 5.82. The van der Waals surface area contributed by atoms with E-state index in [1.807, 2.05) is 36.4 Å². The van der Waals surface area contributed by atoms with Crippen LogP contribution in [0.15, 0.2) is 78.9 Å². The molecular weight excluding hydrogens is 400 g/mol. The Bertz CT molecular complexity index is 1270. The molecule has 0 bridgehead atoms. The first-order valence-electron chi connectivity index (χ1n) is 11.1. The number of benzene rings is 3. The molecule has 6 rings (SSSR count). The van der Waals surface area contributed by atoms with Crippen LogP contribution in [0, 0.1) is 0 Å². The maximum atomic E-state index is 6.34. The lowest BCUT2D eigenvalue weighted by atomic mass is 9.68. The van der Waals surface area contributed by atoms with Crippen LogP contribution in [-0.4, -0.2) is 9.97 Å². The molecule has 2 aliphatic rings. The average Bonchev–Trinajstić information content (AvgIpc) is 3.09. The van der Waals surface area contributed by atoms with Crippen LogP contribution in [-0.2, 0) is 5.41 Å². The first-order valence-corrected chi connectivity index (χ1v) is 11.5. The van der Waals surface area contributed by atoms with Crippen molar-refractivity contribution >= 4 is 11.6 Å². The summed E-state index contributed by atoms with van der Waals surface area (Å²) in [5.41, 5.74) is 9.75. The molecule has 0 aliphatic heterocycles. The van der Waals surface area contributed by atoms with Gasteiger partial charge < -0.3 is 0 Å². The molecule has 0 amide bonds. The van der Waals surface area contributed by atoms with Gasteiger partial charge in [-0.3, -0.25) is 0 Å². The van der Waals surface area contributed by atoms with Gasteiger partial charge in [-0.05, 0) is 58.8 Å². The molecule has 0 atom stereocenters. The lowest BCUT2D eigenvalue weighted by Crippen LogP contribution is -2.27. The van der Waals surface area contributed by atoms with Gasteiger partial charge in [0.2, 0.25) is 5.28 Å². The summed E-state index contributed by atoms with van der Waals surface area (Å²) < 4.78 is 0. The van der Waals surface area contributed by atoms with Crippen LogP contribution >= 0.6 is 11.6 Å². The van der Waals surface area contributed by atoms with Crippen LogP contribution in [0.25, 0.3) is 33.6 Å². The van der Waals surface area contributed by atoms with Crippen LogP contribution in [0.2, 0.25) is 5.28 Å². The Balaban J connectivity index is 1.50. The zero-order valence-electron chi connectivity index (χ0n) is 17.3. The molecule has 152 valence electrons. The van der Waals surface area contributed by atoms with E-state index in [-0.39, 0.29) is 10.7 Å². The van der Waals surface area contributed by atoms with E-state index >= 15 is 0 Å². The molecule has 1 fully saturated rings. The number of hydrogen-bond donors (Lipinski definition) is 0. The fraction of sp³-hybridized carbons (Fsp3) is 0.214. The summed E-state index contributed by atoms with van der Waals surface area (Å²) in [5.74, 6) is 0. The van der Waals surface area contributed by atoms with E-state index in [9.17, 15) is 0 Å². The standard InChI is InChI=1S/C28H23ClN2/c29-27-30-25(19-9-3-1-4-10-19)18-26(31-27)20-13-14-24-22(17-20)21-11-5-6-12-23(21)28(24)15-7-2-8-16-28/h1,3-6,9-14,17-18H,2,7-8,15-16H2. The monoisotopic (exact) mass is 422 g/mol. The van der Waals surface area contributed by atoms with Crippen molar-refractivity contribution in [1.82, 2.24) is 9.97 Å². The van der Waals surface area contributed by atoms with Crippen molar-refractivity contribution in [2.45, 2.75) is 37.5 Å². The zero-order chi connectivity index (χ0) is 20.8. The first kappa shape index (κ1) is 18.8. The highest BCUT2D eigenvalue weighted by Crippen LogP contribution is 2.56. The number of nitrogens with zero attached hydrogens (tertiary/aromatic N) is 2. The molecule has 0 saturated heterocycles. The Kier molecular flexibility index (Phi) is 4.43.